The van der Waals surface area contributed by atoms with E-state index in [-0.39, 0.29) is 10.6 Å². The summed E-state index contributed by atoms with van der Waals surface area (Å²) in [5.74, 6) is 0.232. The molecule has 4 aromatic rings. The van der Waals surface area contributed by atoms with Gasteiger partial charge in [0, 0.05) is 10.9 Å². The highest BCUT2D eigenvalue weighted by atomic mass is 32.2. The molecule has 0 fully saturated rings. The van der Waals surface area contributed by atoms with E-state index in [0.29, 0.717) is 11.1 Å². The van der Waals surface area contributed by atoms with Crippen molar-refractivity contribution in [1.29, 1.82) is 0 Å². The fraction of sp³-hybridized carbons (Fsp3) is 0.0455. The molecule has 140 valence electrons. The maximum atomic E-state index is 12.8. The van der Waals surface area contributed by atoms with Crippen molar-refractivity contribution in [2.75, 3.05) is 0 Å². The second-order valence-electron chi connectivity index (χ2n) is 6.36. The Labute approximate surface area is 163 Å². The molecule has 0 spiro atoms. The van der Waals surface area contributed by atoms with E-state index in [1.54, 1.807) is 18.3 Å². The average Bonchev–Trinajstić information content (AvgIpc) is 3.04. The number of rotatable bonds is 5. The number of para-hydroxylation sites is 2. The van der Waals surface area contributed by atoms with Crippen LogP contribution in [-0.4, -0.2) is 19.6 Å². The normalized spacial score (nSPS) is 11.9. The fourth-order valence-electron chi connectivity index (χ4n) is 2.83. The van der Waals surface area contributed by atoms with Crippen molar-refractivity contribution in [3.63, 3.8) is 0 Å². The lowest BCUT2D eigenvalue weighted by atomic mass is 10.2. The third-order valence-corrected chi connectivity index (χ3v) is 5.52. The van der Waals surface area contributed by atoms with Crippen LogP contribution in [0.15, 0.2) is 88.8 Å². The summed E-state index contributed by atoms with van der Waals surface area (Å²) in [5, 5.41) is 0.674. The van der Waals surface area contributed by atoms with Crippen LogP contribution in [0.3, 0.4) is 0 Å². The molecule has 1 heterocycles. The van der Waals surface area contributed by atoms with Gasteiger partial charge in [0.05, 0.1) is 11.9 Å². The quantitative estimate of drug-likeness (QED) is 0.385. The maximum Gasteiger partial charge on any atom is 0.339 e. The number of fused-ring (bicyclic) bond motifs is 1. The van der Waals surface area contributed by atoms with Crippen molar-refractivity contribution in [1.82, 2.24) is 4.98 Å². The van der Waals surface area contributed by atoms with E-state index in [1.165, 1.54) is 12.1 Å². The molecule has 0 saturated carbocycles. The summed E-state index contributed by atoms with van der Waals surface area (Å²) in [5.41, 5.74) is 2.99. The number of aryl methyl sites for hydroxylation is 1. The van der Waals surface area contributed by atoms with Crippen LogP contribution >= 0.6 is 0 Å². The van der Waals surface area contributed by atoms with E-state index >= 15 is 0 Å². The zero-order chi connectivity index (χ0) is 19.6. The van der Waals surface area contributed by atoms with Gasteiger partial charge in [-0.15, -0.1) is 0 Å². The molecule has 0 aliphatic carbocycles. The van der Waals surface area contributed by atoms with E-state index < -0.39 is 10.1 Å². The largest absolute Gasteiger partial charge is 0.376 e. The highest BCUT2D eigenvalue weighted by Crippen LogP contribution is 2.32. The summed E-state index contributed by atoms with van der Waals surface area (Å²) in [6.07, 6.45) is 1.58. The Bertz CT molecular complexity index is 1240. The molecule has 6 heteroatoms. The van der Waals surface area contributed by atoms with Gasteiger partial charge in [0.2, 0.25) is 0 Å². The van der Waals surface area contributed by atoms with Crippen molar-refractivity contribution in [3.05, 3.63) is 90.1 Å². The Morgan fingerprint density at radius 2 is 1.57 bits per heavy atom. The molecular formula is C22H18N2O3S. The minimum absolute atomic E-state index is 0.106. The Kier molecular flexibility index (Phi) is 4.71. The van der Waals surface area contributed by atoms with Gasteiger partial charge in [0.1, 0.15) is 10.6 Å². The summed E-state index contributed by atoms with van der Waals surface area (Å²) < 4.78 is 31.2. The number of nitrogens with one attached hydrogen (secondary N) is 1. The van der Waals surface area contributed by atoms with Crippen molar-refractivity contribution in [2.45, 2.75) is 11.8 Å². The highest BCUT2D eigenvalue weighted by molar-refractivity contribution is 7.87. The van der Waals surface area contributed by atoms with E-state index in [0.717, 1.165) is 16.8 Å². The molecule has 0 radical (unpaired) electrons. The Morgan fingerprint density at radius 1 is 0.893 bits per heavy atom. The molecule has 28 heavy (non-hydrogen) atoms. The monoisotopic (exact) mass is 390 g/mol. The Morgan fingerprint density at radius 3 is 2.32 bits per heavy atom. The van der Waals surface area contributed by atoms with Crippen LogP contribution in [0.1, 0.15) is 11.3 Å². The smallest absolute Gasteiger partial charge is 0.339 e. The highest BCUT2D eigenvalue weighted by Gasteiger charge is 2.21. The second-order valence-corrected chi connectivity index (χ2v) is 7.90. The van der Waals surface area contributed by atoms with Gasteiger partial charge in [-0.25, -0.2) is 0 Å². The van der Waals surface area contributed by atoms with Gasteiger partial charge >= 0.3 is 10.1 Å². The van der Waals surface area contributed by atoms with Crippen LogP contribution in [0.25, 0.3) is 10.9 Å². The molecule has 0 amide bonds. The predicted octanol–water partition coefficient (Wildman–Crippen LogP) is 4.99. The lowest BCUT2D eigenvalue weighted by molar-refractivity contribution is 0.488. The first-order chi connectivity index (χ1) is 13.5. The third-order valence-electron chi connectivity index (χ3n) is 4.29. The van der Waals surface area contributed by atoms with Crippen molar-refractivity contribution < 1.29 is 12.6 Å². The molecule has 5 nitrogen and oxygen atoms in total. The van der Waals surface area contributed by atoms with Gasteiger partial charge < -0.3 is 9.17 Å². The average molecular weight is 390 g/mol. The minimum atomic E-state index is -3.98. The number of benzene rings is 3. The van der Waals surface area contributed by atoms with E-state index in [2.05, 4.69) is 9.98 Å². The van der Waals surface area contributed by atoms with Gasteiger partial charge in [-0.3, -0.25) is 4.99 Å². The van der Waals surface area contributed by atoms with Crippen molar-refractivity contribution in [3.8, 4) is 5.75 Å². The molecule has 4 rings (SSSR count). The van der Waals surface area contributed by atoms with Gasteiger partial charge in [-0.2, -0.15) is 8.42 Å². The number of aromatic nitrogens is 1. The van der Waals surface area contributed by atoms with Gasteiger partial charge in [-0.05, 0) is 43.3 Å². The third kappa shape index (κ3) is 3.68. The summed E-state index contributed by atoms with van der Waals surface area (Å²) in [7, 11) is -3.98. The van der Waals surface area contributed by atoms with Gasteiger partial charge in [0.15, 0.2) is 5.75 Å². The van der Waals surface area contributed by atoms with E-state index in [9.17, 15) is 8.42 Å². The van der Waals surface area contributed by atoms with Crippen LogP contribution in [0, 0.1) is 6.92 Å². The number of aliphatic imine (C=N–C) groups is 1. The van der Waals surface area contributed by atoms with E-state index in [4.69, 9.17) is 4.18 Å². The van der Waals surface area contributed by atoms with Gasteiger partial charge in [-0.1, -0.05) is 48.0 Å². The molecule has 0 bridgehead atoms. The standard InChI is InChI=1S/C22H18N2O3S/c1-16-11-13-18(14-12-16)28(25,26)27-22-19-9-5-6-10-20(19)24-21(22)15-23-17-7-3-2-4-8-17/h2-15,24H,1H3. The van der Waals surface area contributed by atoms with Gasteiger partial charge in [0.25, 0.3) is 0 Å². The number of hydrogen-bond donors (Lipinski definition) is 1. The number of aromatic amines is 1. The SMILES string of the molecule is Cc1ccc(S(=O)(=O)Oc2c(C=Nc3ccccc3)[nH]c3ccccc23)cc1. The molecular weight excluding hydrogens is 372 g/mol. The molecule has 3 aromatic carbocycles. The molecule has 1 aromatic heterocycles. The fourth-order valence-corrected chi connectivity index (χ4v) is 3.80. The van der Waals surface area contributed by atoms with Crippen molar-refractivity contribution in [2.24, 2.45) is 4.99 Å². The molecule has 0 aliphatic rings. The molecule has 0 unspecified atom stereocenters. The van der Waals surface area contributed by atoms with Crippen LogP contribution < -0.4 is 4.18 Å². The Balaban J connectivity index is 1.77. The summed E-state index contributed by atoms with van der Waals surface area (Å²) in [6.45, 7) is 1.90. The second kappa shape index (κ2) is 7.32. The predicted molar refractivity (Wildman–Crippen MR) is 111 cm³/mol. The first kappa shape index (κ1) is 18.0. The maximum absolute atomic E-state index is 12.8. The zero-order valence-corrected chi connectivity index (χ0v) is 16.0. The lowest BCUT2D eigenvalue weighted by Crippen LogP contribution is -2.10. The van der Waals surface area contributed by atoms with Crippen LogP contribution in [0.4, 0.5) is 5.69 Å². The molecule has 0 saturated heterocycles. The topological polar surface area (TPSA) is 71.5 Å². The first-order valence-corrected chi connectivity index (χ1v) is 10.1. The van der Waals surface area contributed by atoms with Crippen LogP contribution in [-0.2, 0) is 10.1 Å². The minimum Gasteiger partial charge on any atom is -0.376 e. The molecule has 0 aliphatic heterocycles. The van der Waals surface area contributed by atoms with Crippen molar-refractivity contribution >= 4 is 32.9 Å². The summed E-state index contributed by atoms with van der Waals surface area (Å²) in [4.78, 5) is 7.70. The van der Waals surface area contributed by atoms with Crippen LogP contribution in [0.2, 0.25) is 0 Å². The zero-order valence-electron chi connectivity index (χ0n) is 15.2. The number of nitrogens with zero attached hydrogens (tertiary/aromatic N) is 1. The van der Waals surface area contributed by atoms with E-state index in [1.807, 2.05) is 61.5 Å². The lowest BCUT2D eigenvalue weighted by Gasteiger charge is -2.07. The molecule has 1 N–H and O–H groups in total. The molecule has 0 atom stereocenters. The number of hydrogen-bond acceptors (Lipinski definition) is 4. The Hall–Kier alpha value is -3.38. The first-order valence-electron chi connectivity index (χ1n) is 8.74. The summed E-state index contributed by atoms with van der Waals surface area (Å²) >= 11 is 0. The summed E-state index contributed by atoms with van der Waals surface area (Å²) in [6, 6.07) is 23.3. The van der Waals surface area contributed by atoms with Crippen LogP contribution in [0.5, 0.6) is 5.75 Å². The number of H-pyrrole nitrogens is 1.